The van der Waals surface area contributed by atoms with Crippen molar-refractivity contribution in [3.63, 3.8) is 0 Å². The third kappa shape index (κ3) is 5.42. The summed E-state index contributed by atoms with van der Waals surface area (Å²) < 4.78 is 41.2. The number of anilines is 1. The number of rotatable bonds is 5. The van der Waals surface area contributed by atoms with Crippen molar-refractivity contribution < 1.29 is 18.0 Å². The highest BCUT2D eigenvalue weighted by Gasteiger charge is 2.31. The number of amides is 1. The molecule has 1 amide bonds. The van der Waals surface area contributed by atoms with E-state index < -0.39 is 17.6 Å². The van der Waals surface area contributed by atoms with Gasteiger partial charge in [-0.3, -0.25) is 14.2 Å². The normalized spacial score (nSPS) is 13.1. The van der Waals surface area contributed by atoms with Gasteiger partial charge in [0.1, 0.15) is 0 Å². The van der Waals surface area contributed by atoms with Gasteiger partial charge in [0.05, 0.1) is 38.3 Å². The third-order valence-corrected chi connectivity index (χ3v) is 7.56. The smallest absolute Gasteiger partial charge is 0.324 e. The van der Waals surface area contributed by atoms with Crippen molar-refractivity contribution in [1.29, 1.82) is 0 Å². The Morgan fingerprint density at radius 1 is 1.24 bits per heavy atom. The maximum atomic E-state index is 13.1. The summed E-state index contributed by atoms with van der Waals surface area (Å²) in [5, 5.41) is 2.72. The molecular formula is C21H14BrClF3N3O2S2. The number of carbonyl (C=O) groups excluding carboxylic acids is 1. The second-order valence-corrected chi connectivity index (χ2v) is 10.3. The monoisotopic (exact) mass is 575 g/mol. The molecule has 172 valence electrons. The minimum atomic E-state index is -4.56. The van der Waals surface area contributed by atoms with Crippen molar-refractivity contribution in [3.05, 3.63) is 73.6 Å². The van der Waals surface area contributed by atoms with Crippen LogP contribution in [0.5, 0.6) is 0 Å². The lowest BCUT2D eigenvalue weighted by Crippen LogP contribution is -2.24. The van der Waals surface area contributed by atoms with E-state index in [9.17, 15) is 22.8 Å². The summed E-state index contributed by atoms with van der Waals surface area (Å²) in [5.41, 5.74) is 0.00287. The number of benzene rings is 2. The first-order valence-corrected chi connectivity index (χ1v) is 12.6. The first kappa shape index (κ1) is 24.2. The summed E-state index contributed by atoms with van der Waals surface area (Å²) in [6.45, 7) is 0. The quantitative estimate of drug-likeness (QED) is 0.296. The van der Waals surface area contributed by atoms with Crippen LogP contribution in [0.1, 0.15) is 11.3 Å². The molecule has 0 radical (unpaired) electrons. The van der Waals surface area contributed by atoms with Gasteiger partial charge >= 0.3 is 6.18 Å². The third-order valence-electron chi connectivity index (χ3n) is 4.65. The molecule has 0 saturated heterocycles. The molecule has 1 aliphatic rings. The van der Waals surface area contributed by atoms with Crippen LogP contribution in [0.15, 0.2) is 61.8 Å². The van der Waals surface area contributed by atoms with E-state index in [-0.39, 0.29) is 22.0 Å². The Labute approximate surface area is 208 Å². The number of halogens is 5. The molecule has 33 heavy (non-hydrogen) atoms. The molecule has 0 unspecified atom stereocenters. The Balaban J connectivity index is 1.59. The van der Waals surface area contributed by atoms with E-state index in [1.54, 1.807) is 24.3 Å². The molecule has 0 fully saturated rings. The molecular weight excluding hydrogens is 563 g/mol. The molecule has 1 N–H and O–H groups in total. The Bertz CT molecular complexity index is 1280. The molecule has 5 nitrogen and oxygen atoms in total. The van der Waals surface area contributed by atoms with Gasteiger partial charge < -0.3 is 5.32 Å². The van der Waals surface area contributed by atoms with Crippen LogP contribution in [0.25, 0.3) is 5.69 Å². The maximum Gasteiger partial charge on any atom is 0.416 e. The fourth-order valence-corrected chi connectivity index (χ4v) is 5.40. The Morgan fingerprint density at radius 2 is 1.97 bits per heavy atom. The van der Waals surface area contributed by atoms with Crippen molar-refractivity contribution in [2.24, 2.45) is 0 Å². The molecule has 0 bridgehead atoms. The number of nitrogens with one attached hydrogen (secondary N) is 1. The van der Waals surface area contributed by atoms with Gasteiger partial charge in [-0.25, -0.2) is 4.98 Å². The molecule has 4 rings (SSSR count). The minimum Gasteiger partial charge on any atom is -0.324 e. The number of fused-ring (bicyclic) bond motifs is 1. The van der Waals surface area contributed by atoms with Crippen LogP contribution in [-0.4, -0.2) is 27.0 Å². The van der Waals surface area contributed by atoms with Gasteiger partial charge in [-0.1, -0.05) is 39.3 Å². The Morgan fingerprint density at radius 3 is 2.67 bits per heavy atom. The second-order valence-electron chi connectivity index (χ2n) is 6.91. The fourth-order valence-electron chi connectivity index (χ4n) is 3.12. The van der Waals surface area contributed by atoms with Gasteiger partial charge in [0.2, 0.25) is 5.91 Å². The number of aryl methyl sites for hydroxylation is 1. The topological polar surface area (TPSA) is 64.0 Å². The summed E-state index contributed by atoms with van der Waals surface area (Å²) in [5.74, 6) is -0.00474. The van der Waals surface area contributed by atoms with Crippen molar-refractivity contribution in [2.75, 3.05) is 16.8 Å². The highest BCUT2D eigenvalue weighted by atomic mass is 79.9. The van der Waals surface area contributed by atoms with E-state index >= 15 is 0 Å². The average molecular weight is 577 g/mol. The van der Waals surface area contributed by atoms with Crippen LogP contribution in [0, 0.1) is 0 Å². The number of alkyl halides is 3. The molecule has 2 aromatic carbocycles. The number of carbonyl (C=O) groups is 1. The number of hydrogen-bond donors (Lipinski definition) is 1. The molecule has 12 heteroatoms. The van der Waals surface area contributed by atoms with Crippen molar-refractivity contribution in [3.8, 4) is 5.69 Å². The lowest BCUT2D eigenvalue weighted by atomic mass is 10.2. The molecule has 0 aliphatic carbocycles. The van der Waals surface area contributed by atoms with E-state index in [2.05, 4.69) is 26.2 Å². The molecule has 1 aromatic heterocycles. The van der Waals surface area contributed by atoms with Gasteiger partial charge in [-0.2, -0.15) is 13.2 Å². The van der Waals surface area contributed by atoms with Gasteiger partial charge in [0.15, 0.2) is 5.16 Å². The minimum absolute atomic E-state index is 0.0131. The molecule has 1 aliphatic heterocycles. The molecule has 3 aromatic rings. The van der Waals surface area contributed by atoms with E-state index in [0.29, 0.717) is 27.9 Å². The largest absolute Gasteiger partial charge is 0.416 e. The standard InChI is InChI=1S/C21H14BrClF3N3O2S2/c22-12-2-4-13(5-3-12)29-19(31)18-15(7-8-32-18)28-20(29)33-10-17(30)27-16-9-11(21(24,25)26)1-6-14(16)23/h1-6,9H,7-8,10H2,(H,27,30). The Kier molecular flexibility index (Phi) is 7.13. The number of thioether (sulfide) groups is 2. The highest BCUT2D eigenvalue weighted by molar-refractivity contribution is 9.10. The van der Waals surface area contributed by atoms with Crippen molar-refractivity contribution in [2.45, 2.75) is 22.6 Å². The van der Waals surface area contributed by atoms with Gasteiger partial charge in [0.25, 0.3) is 5.56 Å². The van der Waals surface area contributed by atoms with Crippen molar-refractivity contribution >= 4 is 62.6 Å². The number of aromatic nitrogens is 2. The van der Waals surface area contributed by atoms with Crippen molar-refractivity contribution in [1.82, 2.24) is 9.55 Å². The van der Waals surface area contributed by atoms with E-state index in [0.717, 1.165) is 40.2 Å². The summed E-state index contributed by atoms with van der Waals surface area (Å²) >= 11 is 11.8. The zero-order valence-corrected chi connectivity index (χ0v) is 20.6. The van der Waals surface area contributed by atoms with Crippen LogP contribution in [-0.2, 0) is 17.4 Å². The van der Waals surface area contributed by atoms with Gasteiger partial charge in [-0.05, 0) is 42.5 Å². The predicted octanol–water partition coefficient (Wildman–Crippen LogP) is 6.05. The van der Waals surface area contributed by atoms with Gasteiger partial charge in [-0.15, -0.1) is 11.8 Å². The predicted molar refractivity (Wildman–Crippen MR) is 128 cm³/mol. The molecule has 0 spiro atoms. The summed E-state index contributed by atoms with van der Waals surface area (Å²) in [6.07, 6.45) is -3.91. The van der Waals surface area contributed by atoms with Crippen LogP contribution in [0.2, 0.25) is 5.02 Å². The van der Waals surface area contributed by atoms with Crippen LogP contribution < -0.4 is 10.9 Å². The zero-order chi connectivity index (χ0) is 23.8. The van der Waals surface area contributed by atoms with Crippen LogP contribution in [0.3, 0.4) is 0 Å². The maximum absolute atomic E-state index is 13.1. The molecule has 0 atom stereocenters. The SMILES string of the molecule is O=C(CSc1nc2c(c(=O)n1-c1ccc(Br)cc1)SCC2)Nc1cc(C(F)(F)F)ccc1Cl. The number of hydrogen-bond acceptors (Lipinski definition) is 5. The lowest BCUT2D eigenvalue weighted by molar-refractivity contribution is -0.137. The van der Waals surface area contributed by atoms with Crippen LogP contribution >= 0.6 is 51.1 Å². The van der Waals surface area contributed by atoms with E-state index in [1.807, 2.05) is 0 Å². The first-order chi connectivity index (χ1) is 15.6. The van der Waals surface area contributed by atoms with E-state index in [4.69, 9.17) is 11.6 Å². The average Bonchev–Trinajstić information content (AvgIpc) is 3.23. The first-order valence-electron chi connectivity index (χ1n) is 9.47. The number of nitrogens with zero attached hydrogens (tertiary/aromatic N) is 2. The lowest BCUT2D eigenvalue weighted by Gasteiger charge is -2.14. The highest BCUT2D eigenvalue weighted by Crippen LogP contribution is 2.34. The summed E-state index contributed by atoms with van der Waals surface area (Å²) in [7, 11) is 0. The molecule has 2 heterocycles. The summed E-state index contributed by atoms with van der Waals surface area (Å²) in [6, 6.07) is 9.80. The van der Waals surface area contributed by atoms with Gasteiger partial charge in [0, 0.05) is 16.6 Å². The Hall–Kier alpha value is -1.95. The zero-order valence-electron chi connectivity index (χ0n) is 16.6. The second kappa shape index (κ2) is 9.73. The summed E-state index contributed by atoms with van der Waals surface area (Å²) in [4.78, 5) is 30.8. The molecule has 0 saturated carbocycles. The fraction of sp³-hybridized carbons (Fsp3) is 0.190. The van der Waals surface area contributed by atoms with E-state index in [1.165, 1.54) is 16.3 Å². The van der Waals surface area contributed by atoms with Crippen LogP contribution in [0.4, 0.5) is 18.9 Å².